The van der Waals surface area contributed by atoms with Crippen LogP contribution in [0.15, 0.2) is 48.5 Å². The molecule has 0 nitrogen and oxygen atoms in total. The van der Waals surface area contributed by atoms with Gasteiger partial charge in [-0.05, 0) is 50.2 Å². The van der Waals surface area contributed by atoms with E-state index in [-0.39, 0.29) is 7.92 Å². The Balaban J connectivity index is 2.44. The minimum absolute atomic E-state index is 0.212. The molecule has 0 aliphatic heterocycles. The molecule has 0 atom stereocenters. The third kappa shape index (κ3) is 2.18. The predicted molar refractivity (Wildman–Crippen MR) is 74.5 cm³/mol. The predicted octanol–water partition coefficient (Wildman–Crippen LogP) is 3.37. The van der Waals surface area contributed by atoms with Gasteiger partial charge in [0.2, 0.25) is 0 Å². The van der Waals surface area contributed by atoms with E-state index in [9.17, 15) is 0 Å². The van der Waals surface area contributed by atoms with Crippen LogP contribution in [-0.2, 0) is 0 Å². The van der Waals surface area contributed by atoms with Gasteiger partial charge in [-0.15, -0.1) is 0 Å². The van der Waals surface area contributed by atoms with E-state index in [2.05, 4.69) is 69.0 Å². The summed E-state index contributed by atoms with van der Waals surface area (Å²) in [5.74, 6) is 0. The Hall–Kier alpha value is -1.13. The van der Waals surface area contributed by atoms with Gasteiger partial charge in [-0.1, -0.05) is 48.5 Å². The summed E-state index contributed by atoms with van der Waals surface area (Å²) in [5, 5.41) is 2.98. The molecule has 16 heavy (non-hydrogen) atoms. The first-order valence-corrected chi connectivity index (χ1v) is 7.34. The second-order valence-corrected chi connectivity index (χ2v) is 6.21. The molecule has 0 fully saturated rings. The van der Waals surface area contributed by atoms with Crippen molar-refractivity contribution in [1.29, 1.82) is 0 Å². The zero-order chi connectivity index (χ0) is 11.5. The lowest BCUT2D eigenvalue weighted by Gasteiger charge is -2.17. The average molecular weight is 228 g/mol. The van der Waals surface area contributed by atoms with E-state index in [0.717, 1.165) is 0 Å². The quantitative estimate of drug-likeness (QED) is 0.691. The molecule has 0 N–H and O–H groups in total. The van der Waals surface area contributed by atoms with Crippen LogP contribution in [0, 0.1) is 13.8 Å². The van der Waals surface area contributed by atoms with Crippen molar-refractivity contribution in [1.82, 2.24) is 0 Å². The van der Waals surface area contributed by atoms with Crippen molar-refractivity contribution < 1.29 is 0 Å². The molecule has 0 heterocycles. The highest BCUT2D eigenvalue weighted by atomic mass is 31.1. The number of hydrogen-bond acceptors (Lipinski definition) is 0. The molecule has 0 saturated heterocycles. The highest BCUT2D eigenvalue weighted by molar-refractivity contribution is 7.72. The van der Waals surface area contributed by atoms with E-state index in [1.165, 1.54) is 21.7 Å². The molecule has 0 amide bonds. The van der Waals surface area contributed by atoms with E-state index in [1.54, 1.807) is 0 Å². The molecule has 2 aromatic carbocycles. The summed E-state index contributed by atoms with van der Waals surface area (Å²) < 4.78 is 0. The molecular formula is C15H17P. The Labute approximate surface area is 99.1 Å². The van der Waals surface area contributed by atoms with E-state index in [1.807, 2.05) is 0 Å². The van der Waals surface area contributed by atoms with Gasteiger partial charge in [0.25, 0.3) is 0 Å². The average Bonchev–Trinajstić information content (AvgIpc) is 2.29. The third-order valence-corrected chi connectivity index (χ3v) is 5.40. The first kappa shape index (κ1) is 11.4. The lowest BCUT2D eigenvalue weighted by molar-refractivity contribution is 1.50. The van der Waals surface area contributed by atoms with Gasteiger partial charge < -0.3 is 0 Å². The molecule has 0 aliphatic carbocycles. The lowest BCUT2D eigenvalue weighted by Crippen LogP contribution is -2.15. The summed E-state index contributed by atoms with van der Waals surface area (Å²) >= 11 is 0. The van der Waals surface area contributed by atoms with Gasteiger partial charge in [0, 0.05) is 0 Å². The van der Waals surface area contributed by atoms with Crippen LogP contribution in [-0.4, -0.2) is 6.66 Å². The van der Waals surface area contributed by atoms with Crippen LogP contribution in [0.5, 0.6) is 0 Å². The summed E-state index contributed by atoms with van der Waals surface area (Å²) in [5.41, 5.74) is 2.80. The summed E-state index contributed by atoms with van der Waals surface area (Å²) in [7, 11) is -0.212. The molecule has 0 unspecified atom stereocenters. The van der Waals surface area contributed by atoms with Gasteiger partial charge in [-0.25, -0.2) is 0 Å². The number of benzene rings is 2. The van der Waals surface area contributed by atoms with Crippen molar-refractivity contribution in [2.75, 3.05) is 6.66 Å². The van der Waals surface area contributed by atoms with Gasteiger partial charge in [-0.2, -0.15) is 0 Å². The second-order valence-electron chi connectivity index (χ2n) is 4.13. The molecule has 0 aliphatic rings. The summed E-state index contributed by atoms with van der Waals surface area (Å²) in [6.45, 7) is 6.75. The molecule has 0 spiro atoms. The molecule has 0 bridgehead atoms. The van der Waals surface area contributed by atoms with Crippen LogP contribution in [0.1, 0.15) is 11.1 Å². The van der Waals surface area contributed by atoms with E-state index < -0.39 is 0 Å². The molecule has 0 aromatic heterocycles. The van der Waals surface area contributed by atoms with Gasteiger partial charge in [0.15, 0.2) is 0 Å². The smallest absolute Gasteiger partial charge is 0.0169 e. The standard InChI is InChI=1S/C15H17P/c1-12-8-4-6-10-14(12)16(3)15-11-7-5-9-13(15)2/h4-11H,1-3H3. The largest absolute Gasteiger partial charge is 0.0620 e. The van der Waals surface area contributed by atoms with Crippen LogP contribution in [0.4, 0.5) is 0 Å². The van der Waals surface area contributed by atoms with E-state index in [4.69, 9.17) is 0 Å². The molecule has 2 rings (SSSR count). The van der Waals surface area contributed by atoms with Crippen LogP contribution in [0.25, 0.3) is 0 Å². The number of hydrogen-bond donors (Lipinski definition) is 0. The number of rotatable bonds is 2. The van der Waals surface area contributed by atoms with Gasteiger partial charge in [-0.3, -0.25) is 0 Å². The molecule has 82 valence electrons. The molecule has 0 radical (unpaired) electrons. The van der Waals surface area contributed by atoms with E-state index >= 15 is 0 Å². The lowest BCUT2D eigenvalue weighted by atomic mass is 10.2. The van der Waals surface area contributed by atoms with Crippen LogP contribution < -0.4 is 10.6 Å². The van der Waals surface area contributed by atoms with Crippen LogP contribution in [0.2, 0.25) is 0 Å². The monoisotopic (exact) mass is 228 g/mol. The van der Waals surface area contributed by atoms with Crippen LogP contribution >= 0.6 is 7.92 Å². The van der Waals surface area contributed by atoms with Crippen molar-refractivity contribution in [2.24, 2.45) is 0 Å². The fourth-order valence-corrected chi connectivity index (χ4v) is 4.10. The SMILES string of the molecule is Cc1ccccc1P(C)c1ccccc1C. The fraction of sp³-hybridized carbons (Fsp3) is 0.200. The van der Waals surface area contributed by atoms with Crippen molar-refractivity contribution in [3.05, 3.63) is 59.7 Å². The zero-order valence-corrected chi connectivity index (χ0v) is 11.0. The Bertz CT molecular complexity index is 443. The second kappa shape index (κ2) is 4.80. The normalized spacial score (nSPS) is 10.8. The first-order valence-electron chi connectivity index (χ1n) is 5.55. The summed E-state index contributed by atoms with van der Waals surface area (Å²) in [6.07, 6.45) is 0. The molecule has 2 aromatic rings. The molecular weight excluding hydrogens is 211 g/mol. The van der Waals surface area contributed by atoms with Crippen LogP contribution in [0.3, 0.4) is 0 Å². The van der Waals surface area contributed by atoms with E-state index in [0.29, 0.717) is 0 Å². The molecule has 1 heteroatoms. The maximum absolute atomic E-state index is 2.35. The Morgan fingerprint density at radius 3 is 1.44 bits per heavy atom. The minimum atomic E-state index is -0.212. The van der Waals surface area contributed by atoms with Gasteiger partial charge in [0.05, 0.1) is 0 Å². The van der Waals surface area contributed by atoms with Crippen molar-refractivity contribution in [2.45, 2.75) is 13.8 Å². The summed E-state index contributed by atoms with van der Waals surface area (Å²) in [4.78, 5) is 0. The Morgan fingerprint density at radius 1 is 0.688 bits per heavy atom. The zero-order valence-electron chi connectivity index (χ0n) is 10.1. The Kier molecular flexibility index (Phi) is 3.41. The topological polar surface area (TPSA) is 0 Å². The first-order chi connectivity index (χ1) is 7.70. The van der Waals surface area contributed by atoms with Crippen molar-refractivity contribution in [3.63, 3.8) is 0 Å². The van der Waals surface area contributed by atoms with Gasteiger partial charge >= 0.3 is 0 Å². The minimum Gasteiger partial charge on any atom is -0.0620 e. The molecule has 0 saturated carbocycles. The number of aryl methyl sites for hydroxylation is 2. The maximum atomic E-state index is 2.35. The van der Waals surface area contributed by atoms with Crippen molar-refractivity contribution >= 4 is 18.5 Å². The Morgan fingerprint density at radius 2 is 1.06 bits per heavy atom. The summed E-state index contributed by atoms with van der Waals surface area (Å²) in [6, 6.07) is 17.4. The highest BCUT2D eigenvalue weighted by Gasteiger charge is 2.11. The van der Waals surface area contributed by atoms with Gasteiger partial charge in [0.1, 0.15) is 0 Å². The highest BCUT2D eigenvalue weighted by Crippen LogP contribution is 2.31. The van der Waals surface area contributed by atoms with Crippen molar-refractivity contribution in [3.8, 4) is 0 Å². The maximum Gasteiger partial charge on any atom is -0.0169 e. The third-order valence-electron chi connectivity index (χ3n) is 2.95. The fourth-order valence-electron chi connectivity index (χ4n) is 2.01.